The molecule has 1 heterocycles. The van der Waals surface area contributed by atoms with Crippen molar-refractivity contribution in [3.05, 3.63) is 29.8 Å². The van der Waals surface area contributed by atoms with Gasteiger partial charge in [-0.15, -0.1) is 0 Å². The molecule has 0 bridgehead atoms. The van der Waals surface area contributed by atoms with Crippen LogP contribution < -0.4 is 15.5 Å². The molecule has 21 heavy (non-hydrogen) atoms. The number of rotatable bonds is 5. The fourth-order valence-corrected chi connectivity index (χ4v) is 2.57. The van der Waals surface area contributed by atoms with E-state index in [1.807, 2.05) is 0 Å². The number of thioether (sulfide) groups is 1. The van der Waals surface area contributed by atoms with Gasteiger partial charge in [0, 0.05) is 5.69 Å². The van der Waals surface area contributed by atoms with Gasteiger partial charge in [-0.1, -0.05) is 12.1 Å². The molecule has 110 valence electrons. The van der Waals surface area contributed by atoms with Crippen LogP contribution in [0, 0.1) is 0 Å². The summed E-state index contributed by atoms with van der Waals surface area (Å²) in [6, 6.07) is 5.38. The Morgan fingerprint density at radius 2 is 1.81 bits per heavy atom. The molecule has 1 aliphatic rings. The average molecular weight is 308 g/mol. The van der Waals surface area contributed by atoms with Crippen molar-refractivity contribution in [3.8, 4) is 0 Å². The highest BCUT2D eigenvalue weighted by atomic mass is 32.2. The summed E-state index contributed by atoms with van der Waals surface area (Å²) < 4.78 is 0. The van der Waals surface area contributed by atoms with Gasteiger partial charge in [-0.25, -0.2) is 0 Å². The number of hydrogen-bond donors (Lipinski definition) is 1. The second kappa shape index (κ2) is 5.83. The Kier molecular flexibility index (Phi) is 4.13. The summed E-state index contributed by atoms with van der Waals surface area (Å²) in [5.74, 6) is -3.56. The van der Waals surface area contributed by atoms with Gasteiger partial charge in [-0.2, -0.15) is 0 Å². The first-order valence-corrected chi connectivity index (χ1v) is 6.56. The summed E-state index contributed by atoms with van der Waals surface area (Å²) in [6.07, 6.45) is 0. The Hall–Kier alpha value is -2.55. The molecular weight excluding hydrogens is 300 g/mol. The van der Waals surface area contributed by atoms with E-state index in [0.29, 0.717) is 22.3 Å². The van der Waals surface area contributed by atoms with Crippen molar-refractivity contribution in [2.45, 2.75) is 5.37 Å². The van der Waals surface area contributed by atoms with Crippen LogP contribution in [0.15, 0.2) is 24.3 Å². The quantitative estimate of drug-likeness (QED) is 0.676. The van der Waals surface area contributed by atoms with Crippen molar-refractivity contribution in [1.82, 2.24) is 4.90 Å². The van der Waals surface area contributed by atoms with Crippen LogP contribution in [-0.2, 0) is 9.59 Å². The number of aromatic carboxylic acids is 1. The molecule has 1 aliphatic heterocycles. The molecule has 2 rings (SSSR count). The number of benzene rings is 1. The first-order valence-electron chi connectivity index (χ1n) is 5.68. The summed E-state index contributed by atoms with van der Waals surface area (Å²) in [5, 5.41) is 22.1. The maximum atomic E-state index is 11.9. The summed E-state index contributed by atoms with van der Waals surface area (Å²) in [4.78, 5) is 45.0. The lowest BCUT2D eigenvalue weighted by Gasteiger charge is -2.15. The fourth-order valence-electron chi connectivity index (χ4n) is 1.66. The highest BCUT2D eigenvalue weighted by Crippen LogP contribution is 2.27. The number of aliphatic carboxylic acids is 1. The summed E-state index contributed by atoms with van der Waals surface area (Å²) in [7, 11) is 0. The normalized spacial score (nSPS) is 17.9. The monoisotopic (exact) mass is 308 g/mol. The molecule has 1 aromatic rings. The van der Waals surface area contributed by atoms with E-state index in [-0.39, 0.29) is 5.56 Å². The number of carbonyl (C=O) groups is 4. The third-order valence-corrected chi connectivity index (χ3v) is 3.61. The largest absolute Gasteiger partial charge is 0.548 e. The minimum absolute atomic E-state index is 0.0272. The summed E-state index contributed by atoms with van der Waals surface area (Å²) in [5.41, 5.74) is 0.384. The van der Waals surface area contributed by atoms with E-state index in [0.717, 1.165) is 0 Å². The maximum Gasteiger partial charge on any atom is 0.291 e. The van der Waals surface area contributed by atoms with Gasteiger partial charge in [0.15, 0.2) is 5.37 Å². The van der Waals surface area contributed by atoms with E-state index in [1.165, 1.54) is 24.3 Å². The van der Waals surface area contributed by atoms with Gasteiger partial charge in [0.25, 0.3) is 11.1 Å². The Labute approximate surface area is 122 Å². The third-order valence-electron chi connectivity index (χ3n) is 2.63. The number of nitrogens with zero attached hydrogens (tertiary/aromatic N) is 1. The van der Waals surface area contributed by atoms with E-state index in [1.54, 1.807) is 0 Å². The average Bonchev–Trinajstić information content (AvgIpc) is 2.67. The smallest absolute Gasteiger partial charge is 0.291 e. The van der Waals surface area contributed by atoms with Crippen LogP contribution in [-0.4, -0.2) is 39.9 Å². The van der Waals surface area contributed by atoms with Gasteiger partial charge >= 0.3 is 0 Å². The minimum atomic E-state index is -1.53. The van der Waals surface area contributed by atoms with Crippen LogP contribution in [0.2, 0.25) is 0 Å². The second-order valence-electron chi connectivity index (χ2n) is 4.07. The third kappa shape index (κ3) is 3.31. The number of imide groups is 1. The molecule has 0 unspecified atom stereocenters. The molecule has 1 atom stereocenters. The number of amides is 2. The highest BCUT2D eigenvalue weighted by Gasteiger charge is 2.39. The SMILES string of the molecule is O=C([O-])CN1C(=O)S[C@@H](Nc2ccc(C(=O)[O-])cc2)C1=O. The van der Waals surface area contributed by atoms with Crippen molar-refractivity contribution >= 4 is 40.5 Å². The van der Waals surface area contributed by atoms with Gasteiger partial charge < -0.3 is 25.1 Å². The molecule has 8 nitrogen and oxygen atoms in total. The van der Waals surface area contributed by atoms with Gasteiger partial charge in [-0.3, -0.25) is 14.5 Å². The molecule has 1 saturated heterocycles. The lowest BCUT2D eigenvalue weighted by molar-refractivity contribution is -0.305. The Morgan fingerprint density at radius 3 is 2.33 bits per heavy atom. The van der Waals surface area contributed by atoms with Crippen molar-refractivity contribution < 1.29 is 29.4 Å². The Balaban J connectivity index is 2.06. The zero-order chi connectivity index (χ0) is 15.6. The molecule has 1 N–H and O–H groups in total. The Bertz CT molecular complexity index is 615. The van der Waals surface area contributed by atoms with Crippen LogP contribution in [0.1, 0.15) is 10.4 Å². The van der Waals surface area contributed by atoms with Crippen molar-refractivity contribution in [2.24, 2.45) is 0 Å². The Morgan fingerprint density at radius 1 is 1.19 bits per heavy atom. The van der Waals surface area contributed by atoms with Gasteiger partial charge in [0.1, 0.15) is 0 Å². The molecule has 9 heteroatoms. The van der Waals surface area contributed by atoms with Crippen LogP contribution in [0.4, 0.5) is 10.5 Å². The van der Waals surface area contributed by atoms with Crippen molar-refractivity contribution in [1.29, 1.82) is 0 Å². The predicted molar refractivity (Wildman–Crippen MR) is 67.9 cm³/mol. The van der Waals surface area contributed by atoms with Crippen molar-refractivity contribution in [2.75, 3.05) is 11.9 Å². The first kappa shape index (κ1) is 14.9. The first-order chi connectivity index (χ1) is 9.88. The van der Waals surface area contributed by atoms with E-state index in [4.69, 9.17) is 0 Å². The second-order valence-corrected chi connectivity index (χ2v) is 5.13. The molecule has 1 fully saturated rings. The van der Waals surface area contributed by atoms with E-state index < -0.39 is 35.0 Å². The van der Waals surface area contributed by atoms with Gasteiger partial charge in [0.05, 0.1) is 18.5 Å². The summed E-state index contributed by atoms with van der Waals surface area (Å²) in [6.45, 7) is -0.799. The van der Waals surface area contributed by atoms with E-state index >= 15 is 0 Å². The van der Waals surface area contributed by atoms with Gasteiger partial charge in [-0.05, 0) is 29.5 Å². The molecule has 0 aliphatic carbocycles. The number of carboxylic acid groups (broad SMARTS) is 2. The van der Waals surface area contributed by atoms with E-state index in [9.17, 15) is 29.4 Å². The zero-order valence-corrected chi connectivity index (χ0v) is 11.2. The number of nitrogens with one attached hydrogen (secondary N) is 1. The maximum absolute atomic E-state index is 11.9. The predicted octanol–water partition coefficient (Wildman–Crippen LogP) is -1.77. The van der Waals surface area contributed by atoms with E-state index in [2.05, 4.69) is 5.32 Å². The number of carboxylic acids is 2. The van der Waals surface area contributed by atoms with Crippen LogP contribution in [0.25, 0.3) is 0 Å². The standard InChI is InChI=1S/C12H10N2O6S/c15-8(16)5-14-10(17)9(21-12(14)20)13-7-3-1-6(2-4-7)11(18)19/h1-4,9,13H,5H2,(H,15,16)(H,18,19)/p-2/t9-/m1/s1. The molecule has 2 amide bonds. The molecule has 0 aromatic heterocycles. The molecule has 1 aromatic carbocycles. The van der Waals surface area contributed by atoms with Crippen LogP contribution in [0.3, 0.4) is 0 Å². The van der Waals surface area contributed by atoms with Crippen LogP contribution in [0.5, 0.6) is 0 Å². The number of hydrogen-bond acceptors (Lipinski definition) is 8. The molecular formula is C12H8N2O6S-2. The molecule has 0 saturated carbocycles. The topological polar surface area (TPSA) is 130 Å². The lowest BCUT2D eigenvalue weighted by Crippen LogP contribution is -2.42. The summed E-state index contributed by atoms with van der Waals surface area (Å²) >= 11 is 0.636. The fraction of sp³-hybridized carbons (Fsp3) is 0.167. The zero-order valence-electron chi connectivity index (χ0n) is 10.4. The van der Waals surface area contributed by atoms with Crippen LogP contribution >= 0.6 is 11.8 Å². The lowest BCUT2D eigenvalue weighted by atomic mass is 10.2. The van der Waals surface area contributed by atoms with Crippen molar-refractivity contribution in [3.63, 3.8) is 0 Å². The molecule has 0 radical (unpaired) electrons. The highest BCUT2D eigenvalue weighted by molar-refractivity contribution is 8.15. The number of anilines is 1. The minimum Gasteiger partial charge on any atom is -0.548 e. The number of carbonyl (C=O) groups excluding carboxylic acids is 4. The van der Waals surface area contributed by atoms with Gasteiger partial charge in [0.2, 0.25) is 0 Å². The molecule has 0 spiro atoms.